The Morgan fingerprint density at radius 2 is 2.21 bits per heavy atom. The summed E-state index contributed by atoms with van der Waals surface area (Å²) in [5.74, 6) is -1.66. The third-order valence-corrected chi connectivity index (χ3v) is 1.72. The number of hydrogen-bond acceptors (Lipinski definition) is 2. The van der Waals surface area contributed by atoms with Crippen LogP contribution in [0.3, 0.4) is 0 Å². The van der Waals surface area contributed by atoms with E-state index < -0.39 is 11.8 Å². The van der Waals surface area contributed by atoms with Crippen molar-refractivity contribution in [3.63, 3.8) is 0 Å². The Labute approximate surface area is 81.6 Å². The number of carboxylic acid groups (broad SMARTS) is 1. The number of carboxylic acids is 1. The Hall–Kier alpha value is -1.58. The van der Waals surface area contributed by atoms with Gasteiger partial charge in [-0.3, -0.25) is 0 Å². The normalized spacial score (nSPS) is 9.86. The number of carbonyl (C=O) groups is 1. The fourth-order valence-corrected chi connectivity index (χ4v) is 1.08. The molecule has 0 heterocycles. The van der Waals surface area contributed by atoms with Gasteiger partial charge in [-0.2, -0.15) is 0 Å². The maximum Gasteiger partial charge on any atom is 0.335 e. The van der Waals surface area contributed by atoms with Crippen molar-refractivity contribution in [2.24, 2.45) is 0 Å². The highest BCUT2D eigenvalue weighted by atomic mass is 19.1. The molecule has 0 amide bonds. The first-order chi connectivity index (χ1) is 6.63. The van der Waals surface area contributed by atoms with E-state index in [1.165, 1.54) is 12.1 Å². The Morgan fingerprint density at radius 3 is 2.79 bits per heavy atom. The minimum Gasteiger partial charge on any atom is -0.478 e. The first-order valence-electron chi connectivity index (χ1n) is 4.41. The summed E-state index contributed by atoms with van der Waals surface area (Å²) in [6, 6.07) is 3.70. The first kappa shape index (κ1) is 10.5. The summed E-state index contributed by atoms with van der Waals surface area (Å²) in [5, 5.41) is 11.6. The Balaban J connectivity index is 2.89. The molecule has 0 atom stereocenters. The second kappa shape index (κ2) is 4.60. The van der Waals surface area contributed by atoms with Crippen LogP contribution >= 0.6 is 0 Å². The van der Waals surface area contributed by atoms with Gasteiger partial charge in [-0.25, -0.2) is 9.18 Å². The van der Waals surface area contributed by atoms with Crippen LogP contribution in [0.5, 0.6) is 0 Å². The predicted octanol–water partition coefficient (Wildman–Crippen LogP) is 2.35. The highest BCUT2D eigenvalue weighted by Crippen LogP contribution is 2.13. The standard InChI is InChI=1S/C10H12FNO2/c1-2-3-12-9-5-7(10(13)14)4-8(11)6-9/h4-6,12H,2-3H2,1H3,(H,13,14). The van der Waals surface area contributed by atoms with E-state index in [9.17, 15) is 9.18 Å². The fourth-order valence-electron chi connectivity index (χ4n) is 1.08. The summed E-state index contributed by atoms with van der Waals surface area (Å²) in [6.07, 6.45) is 0.902. The lowest BCUT2D eigenvalue weighted by Gasteiger charge is -2.05. The highest BCUT2D eigenvalue weighted by Gasteiger charge is 2.06. The van der Waals surface area contributed by atoms with Gasteiger partial charge in [0.05, 0.1) is 5.56 Å². The van der Waals surface area contributed by atoms with Gasteiger partial charge in [-0.1, -0.05) is 6.92 Å². The predicted molar refractivity (Wildman–Crippen MR) is 52.1 cm³/mol. The molecule has 0 radical (unpaired) electrons. The van der Waals surface area contributed by atoms with Crippen LogP contribution in [-0.4, -0.2) is 17.6 Å². The maximum atomic E-state index is 12.9. The molecule has 0 aliphatic carbocycles. The molecule has 76 valence electrons. The molecule has 1 rings (SSSR count). The van der Waals surface area contributed by atoms with Crippen LogP contribution in [-0.2, 0) is 0 Å². The molecule has 14 heavy (non-hydrogen) atoms. The molecule has 4 heteroatoms. The van der Waals surface area contributed by atoms with E-state index in [1.807, 2.05) is 6.92 Å². The maximum absolute atomic E-state index is 12.9. The third kappa shape index (κ3) is 2.73. The second-order valence-electron chi connectivity index (χ2n) is 2.96. The molecule has 0 unspecified atom stereocenters. The van der Waals surface area contributed by atoms with Crippen LogP contribution in [0.1, 0.15) is 23.7 Å². The van der Waals surface area contributed by atoms with Gasteiger partial charge in [0.1, 0.15) is 5.82 Å². The SMILES string of the molecule is CCCNc1cc(F)cc(C(=O)O)c1. The van der Waals surface area contributed by atoms with Gasteiger partial charge in [0.15, 0.2) is 0 Å². The topological polar surface area (TPSA) is 49.3 Å². The molecule has 0 bridgehead atoms. The lowest BCUT2D eigenvalue weighted by atomic mass is 10.2. The third-order valence-electron chi connectivity index (χ3n) is 1.72. The molecule has 1 aromatic rings. The van der Waals surface area contributed by atoms with Gasteiger partial charge in [0.2, 0.25) is 0 Å². The van der Waals surface area contributed by atoms with Gasteiger partial charge < -0.3 is 10.4 Å². The number of nitrogens with one attached hydrogen (secondary N) is 1. The summed E-state index contributed by atoms with van der Waals surface area (Å²) in [7, 11) is 0. The molecule has 3 nitrogen and oxygen atoms in total. The van der Waals surface area contributed by atoms with E-state index >= 15 is 0 Å². The van der Waals surface area contributed by atoms with Crippen molar-refractivity contribution in [1.29, 1.82) is 0 Å². The Kier molecular flexibility index (Phi) is 3.45. The van der Waals surface area contributed by atoms with E-state index in [4.69, 9.17) is 5.11 Å². The summed E-state index contributed by atoms with van der Waals surface area (Å²) in [4.78, 5) is 10.6. The van der Waals surface area contributed by atoms with Crippen LogP contribution in [0, 0.1) is 5.82 Å². The first-order valence-corrected chi connectivity index (χ1v) is 4.41. The van der Waals surface area contributed by atoms with Gasteiger partial charge in [0, 0.05) is 12.2 Å². The molecule has 0 aromatic heterocycles. The summed E-state index contributed by atoms with van der Waals surface area (Å²) in [5.41, 5.74) is 0.466. The van der Waals surface area contributed by atoms with Crippen LogP contribution in [0.25, 0.3) is 0 Å². The molecule has 0 saturated carbocycles. The van der Waals surface area contributed by atoms with Crippen molar-refractivity contribution in [3.05, 3.63) is 29.6 Å². The van der Waals surface area contributed by atoms with Crippen molar-refractivity contribution in [1.82, 2.24) is 0 Å². The van der Waals surface area contributed by atoms with Crippen molar-refractivity contribution in [2.45, 2.75) is 13.3 Å². The minimum absolute atomic E-state index is 0.0383. The lowest BCUT2D eigenvalue weighted by molar-refractivity contribution is 0.0696. The highest BCUT2D eigenvalue weighted by molar-refractivity contribution is 5.88. The number of benzene rings is 1. The number of rotatable bonds is 4. The number of halogens is 1. The smallest absolute Gasteiger partial charge is 0.335 e. The zero-order chi connectivity index (χ0) is 10.6. The van der Waals surface area contributed by atoms with Gasteiger partial charge in [0.25, 0.3) is 0 Å². The van der Waals surface area contributed by atoms with E-state index in [-0.39, 0.29) is 5.56 Å². The van der Waals surface area contributed by atoms with Crippen molar-refractivity contribution in [2.75, 3.05) is 11.9 Å². The van der Waals surface area contributed by atoms with Crippen LogP contribution < -0.4 is 5.32 Å². The molecule has 0 aliphatic heterocycles. The molecule has 2 N–H and O–H groups in total. The average molecular weight is 197 g/mol. The molecule has 0 spiro atoms. The Bertz CT molecular complexity index is 339. The van der Waals surface area contributed by atoms with Gasteiger partial charge in [-0.05, 0) is 24.6 Å². The summed E-state index contributed by atoms with van der Waals surface area (Å²) in [6.45, 7) is 2.67. The van der Waals surface area contributed by atoms with Crippen molar-refractivity contribution >= 4 is 11.7 Å². The van der Waals surface area contributed by atoms with Crippen molar-refractivity contribution < 1.29 is 14.3 Å². The summed E-state index contributed by atoms with van der Waals surface area (Å²) >= 11 is 0. The largest absolute Gasteiger partial charge is 0.478 e. The van der Waals surface area contributed by atoms with E-state index in [0.717, 1.165) is 12.5 Å². The van der Waals surface area contributed by atoms with Gasteiger partial charge in [-0.15, -0.1) is 0 Å². The Morgan fingerprint density at radius 1 is 1.50 bits per heavy atom. The monoisotopic (exact) mass is 197 g/mol. The number of anilines is 1. The molecular weight excluding hydrogens is 185 g/mol. The zero-order valence-corrected chi connectivity index (χ0v) is 7.88. The summed E-state index contributed by atoms with van der Waals surface area (Å²) < 4.78 is 12.9. The van der Waals surface area contributed by atoms with Crippen molar-refractivity contribution in [3.8, 4) is 0 Å². The lowest BCUT2D eigenvalue weighted by Crippen LogP contribution is -2.03. The molecule has 0 aliphatic rings. The molecule has 0 fully saturated rings. The average Bonchev–Trinajstić information content (AvgIpc) is 2.14. The van der Waals surface area contributed by atoms with Crippen LogP contribution in [0.4, 0.5) is 10.1 Å². The molecule has 1 aromatic carbocycles. The van der Waals surface area contributed by atoms with E-state index in [1.54, 1.807) is 0 Å². The number of hydrogen-bond donors (Lipinski definition) is 2. The second-order valence-corrected chi connectivity index (χ2v) is 2.96. The van der Waals surface area contributed by atoms with E-state index in [2.05, 4.69) is 5.32 Å². The molecular formula is C10H12FNO2. The zero-order valence-electron chi connectivity index (χ0n) is 7.88. The van der Waals surface area contributed by atoms with E-state index in [0.29, 0.717) is 12.2 Å². The fraction of sp³-hybridized carbons (Fsp3) is 0.300. The quantitative estimate of drug-likeness (QED) is 0.778. The van der Waals surface area contributed by atoms with Crippen LogP contribution in [0.15, 0.2) is 18.2 Å². The molecule has 0 saturated heterocycles. The minimum atomic E-state index is -1.12. The van der Waals surface area contributed by atoms with Crippen LogP contribution in [0.2, 0.25) is 0 Å². The number of aromatic carboxylic acids is 1. The van der Waals surface area contributed by atoms with Gasteiger partial charge >= 0.3 is 5.97 Å².